The van der Waals surface area contributed by atoms with E-state index in [4.69, 9.17) is 17.3 Å². The Morgan fingerprint density at radius 1 is 1.50 bits per heavy atom. The number of amides is 1. The highest BCUT2D eigenvalue weighted by molar-refractivity contribution is 6.34. The molecule has 0 aliphatic carbocycles. The summed E-state index contributed by atoms with van der Waals surface area (Å²) >= 11 is 6.20. The first-order valence-corrected chi connectivity index (χ1v) is 6.68. The van der Waals surface area contributed by atoms with Gasteiger partial charge in [0.05, 0.1) is 10.6 Å². The number of carbonyl (C=O) groups is 1. The number of nitrogens with two attached hydrogens (primary N) is 1. The highest BCUT2D eigenvalue weighted by atomic mass is 35.5. The van der Waals surface area contributed by atoms with Gasteiger partial charge in [0, 0.05) is 19.1 Å². The van der Waals surface area contributed by atoms with E-state index in [1.54, 1.807) is 6.07 Å². The molecule has 2 N–H and O–H groups in total. The van der Waals surface area contributed by atoms with Gasteiger partial charge >= 0.3 is 0 Å². The van der Waals surface area contributed by atoms with Gasteiger partial charge in [-0.2, -0.15) is 0 Å². The molecule has 98 valence electrons. The second kappa shape index (κ2) is 5.29. The highest BCUT2D eigenvalue weighted by Crippen LogP contribution is 2.24. The second-order valence-electron chi connectivity index (χ2n) is 5.12. The SMILES string of the molecule is Cc1cccc(C(=O)N2CCC(N)C(C)C2)c1Cl. The van der Waals surface area contributed by atoms with Crippen molar-refractivity contribution in [3.8, 4) is 0 Å². The highest BCUT2D eigenvalue weighted by Gasteiger charge is 2.27. The van der Waals surface area contributed by atoms with Crippen LogP contribution in [0, 0.1) is 12.8 Å². The Balaban J connectivity index is 2.19. The standard InChI is InChI=1S/C14H19ClN2O/c1-9-4-3-5-11(13(9)15)14(18)17-7-6-12(16)10(2)8-17/h3-5,10,12H,6-8,16H2,1-2H3. The lowest BCUT2D eigenvalue weighted by Gasteiger charge is -2.35. The predicted molar refractivity (Wildman–Crippen MR) is 73.8 cm³/mol. The number of benzene rings is 1. The summed E-state index contributed by atoms with van der Waals surface area (Å²) in [6, 6.07) is 5.76. The molecule has 1 heterocycles. The lowest BCUT2D eigenvalue weighted by Crippen LogP contribution is -2.48. The van der Waals surface area contributed by atoms with Crippen molar-refractivity contribution in [3.63, 3.8) is 0 Å². The Morgan fingerprint density at radius 3 is 2.89 bits per heavy atom. The number of piperidine rings is 1. The molecule has 1 saturated heterocycles. The molecule has 3 nitrogen and oxygen atoms in total. The summed E-state index contributed by atoms with van der Waals surface area (Å²) < 4.78 is 0. The number of nitrogens with zero attached hydrogens (tertiary/aromatic N) is 1. The zero-order chi connectivity index (χ0) is 13.3. The maximum atomic E-state index is 12.4. The molecule has 1 aromatic rings. The molecule has 2 rings (SSSR count). The van der Waals surface area contributed by atoms with Gasteiger partial charge in [0.15, 0.2) is 0 Å². The lowest BCUT2D eigenvalue weighted by atomic mass is 9.94. The molecular weight excluding hydrogens is 248 g/mol. The van der Waals surface area contributed by atoms with Crippen molar-refractivity contribution in [1.82, 2.24) is 4.90 Å². The monoisotopic (exact) mass is 266 g/mol. The van der Waals surface area contributed by atoms with E-state index < -0.39 is 0 Å². The number of hydrogen-bond donors (Lipinski definition) is 1. The van der Waals surface area contributed by atoms with Crippen LogP contribution < -0.4 is 5.73 Å². The molecular formula is C14H19ClN2O. The van der Waals surface area contributed by atoms with Crippen LogP contribution in [0.1, 0.15) is 29.3 Å². The van der Waals surface area contributed by atoms with Gasteiger partial charge in [0.25, 0.3) is 5.91 Å². The normalized spacial score (nSPS) is 24.1. The topological polar surface area (TPSA) is 46.3 Å². The molecule has 2 unspecified atom stereocenters. The van der Waals surface area contributed by atoms with Crippen molar-refractivity contribution in [2.75, 3.05) is 13.1 Å². The third-order valence-corrected chi connectivity index (χ3v) is 4.18. The minimum Gasteiger partial charge on any atom is -0.338 e. The van der Waals surface area contributed by atoms with Gasteiger partial charge < -0.3 is 10.6 Å². The first-order valence-electron chi connectivity index (χ1n) is 6.30. The molecule has 2 atom stereocenters. The van der Waals surface area contributed by atoms with Crippen LogP contribution in [0.5, 0.6) is 0 Å². The molecule has 18 heavy (non-hydrogen) atoms. The lowest BCUT2D eigenvalue weighted by molar-refractivity contribution is 0.0664. The van der Waals surface area contributed by atoms with E-state index in [1.165, 1.54) is 0 Å². The predicted octanol–water partition coefficient (Wildman–Crippen LogP) is 2.46. The van der Waals surface area contributed by atoms with Gasteiger partial charge in [0.2, 0.25) is 0 Å². The maximum Gasteiger partial charge on any atom is 0.255 e. The summed E-state index contributed by atoms with van der Waals surface area (Å²) in [5.41, 5.74) is 7.50. The van der Waals surface area contributed by atoms with Gasteiger partial charge in [-0.15, -0.1) is 0 Å². The smallest absolute Gasteiger partial charge is 0.255 e. The van der Waals surface area contributed by atoms with Crippen molar-refractivity contribution in [2.24, 2.45) is 11.7 Å². The van der Waals surface area contributed by atoms with Crippen molar-refractivity contribution >= 4 is 17.5 Å². The second-order valence-corrected chi connectivity index (χ2v) is 5.50. The number of hydrogen-bond acceptors (Lipinski definition) is 2. The van der Waals surface area contributed by atoms with Crippen LogP contribution in [0.15, 0.2) is 18.2 Å². The van der Waals surface area contributed by atoms with Crippen LogP contribution in [-0.4, -0.2) is 29.9 Å². The van der Waals surface area contributed by atoms with Crippen molar-refractivity contribution in [2.45, 2.75) is 26.3 Å². The Morgan fingerprint density at radius 2 is 2.22 bits per heavy atom. The van der Waals surface area contributed by atoms with E-state index in [2.05, 4.69) is 6.92 Å². The summed E-state index contributed by atoms with van der Waals surface area (Å²) in [4.78, 5) is 14.3. The zero-order valence-corrected chi connectivity index (χ0v) is 11.6. The van der Waals surface area contributed by atoms with Crippen LogP contribution in [0.25, 0.3) is 0 Å². The van der Waals surface area contributed by atoms with E-state index >= 15 is 0 Å². The Kier molecular flexibility index (Phi) is 3.93. The van der Waals surface area contributed by atoms with Gasteiger partial charge in [-0.1, -0.05) is 30.7 Å². The average Bonchev–Trinajstić information content (AvgIpc) is 2.35. The van der Waals surface area contributed by atoms with Crippen LogP contribution in [-0.2, 0) is 0 Å². The van der Waals surface area contributed by atoms with E-state index in [-0.39, 0.29) is 11.9 Å². The Labute approximate surface area is 113 Å². The van der Waals surface area contributed by atoms with Crippen LogP contribution in [0.2, 0.25) is 5.02 Å². The molecule has 1 amide bonds. The fourth-order valence-corrected chi connectivity index (χ4v) is 2.54. The van der Waals surface area contributed by atoms with Crippen molar-refractivity contribution in [3.05, 3.63) is 34.3 Å². The number of aryl methyl sites for hydroxylation is 1. The number of rotatable bonds is 1. The number of halogens is 1. The maximum absolute atomic E-state index is 12.4. The summed E-state index contributed by atoms with van der Waals surface area (Å²) in [5.74, 6) is 0.355. The van der Waals surface area contributed by atoms with Crippen molar-refractivity contribution < 1.29 is 4.79 Å². The van der Waals surface area contributed by atoms with E-state index in [0.29, 0.717) is 29.6 Å². The van der Waals surface area contributed by atoms with E-state index in [9.17, 15) is 4.79 Å². The molecule has 1 fully saturated rings. The first kappa shape index (κ1) is 13.4. The fourth-order valence-electron chi connectivity index (χ4n) is 2.33. The molecule has 0 aromatic heterocycles. The number of likely N-dealkylation sites (tertiary alicyclic amines) is 1. The summed E-state index contributed by atoms with van der Waals surface area (Å²) in [5, 5.41) is 0.560. The minimum atomic E-state index is 0.0162. The molecule has 4 heteroatoms. The van der Waals surface area contributed by atoms with E-state index in [0.717, 1.165) is 12.0 Å². The first-order chi connectivity index (χ1) is 8.50. The summed E-state index contributed by atoms with van der Waals surface area (Å²) in [6.07, 6.45) is 0.857. The molecule has 0 saturated carbocycles. The third kappa shape index (κ3) is 2.52. The summed E-state index contributed by atoms with van der Waals surface area (Å²) in [7, 11) is 0. The number of carbonyl (C=O) groups excluding carboxylic acids is 1. The fraction of sp³-hybridized carbons (Fsp3) is 0.500. The molecule has 1 aliphatic heterocycles. The third-order valence-electron chi connectivity index (χ3n) is 3.68. The van der Waals surface area contributed by atoms with Crippen LogP contribution in [0.3, 0.4) is 0 Å². The molecule has 1 aliphatic rings. The van der Waals surface area contributed by atoms with Gasteiger partial charge in [-0.3, -0.25) is 4.79 Å². The molecule has 1 aromatic carbocycles. The van der Waals surface area contributed by atoms with Gasteiger partial charge in [-0.25, -0.2) is 0 Å². The largest absolute Gasteiger partial charge is 0.338 e. The van der Waals surface area contributed by atoms with E-state index in [1.807, 2.05) is 24.0 Å². The quantitative estimate of drug-likeness (QED) is 0.849. The van der Waals surface area contributed by atoms with Gasteiger partial charge in [0.1, 0.15) is 0 Å². The Hall–Kier alpha value is -1.06. The zero-order valence-electron chi connectivity index (χ0n) is 10.8. The minimum absolute atomic E-state index is 0.0162. The molecule has 0 radical (unpaired) electrons. The van der Waals surface area contributed by atoms with Gasteiger partial charge in [-0.05, 0) is 30.9 Å². The molecule has 0 spiro atoms. The molecule has 0 bridgehead atoms. The summed E-state index contributed by atoms with van der Waals surface area (Å²) in [6.45, 7) is 5.43. The van der Waals surface area contributed by atoms with Crippen LogP contribution >= 0.6 is 11.6 Å². The average molecular weight is 267 g/mol. The van der Waals surface area contributed by atoms with Crippen LogP contribution in [0.4, 0.5) is 0 Å². The Bertz CT molecular complexity index is 461. The van der Waals surface area contributed by atoms with Crippen molar-refractivity contribution in [1.29, 1.82) is 0 Å².